The van der Waals surface area contributed by atoms with Gasteiger partial charge in [-0.05, 0) is 17.5 Å². The van der Waals surface area contributed by atoms with E-state index in [4.69, 9.17) is 4.74 Å². The van der Waals surface area contributed by atoms with E-state index in [9.17, 15) is 4.79 Å². The zero-order chi connectivity index (χ0) is 10.1. The largest absolute Gasteiger partial charge is 0.495 e. The molecule has 0 amide bonds. The van der Waals surface area contributed by atoms with Gasteiger partial charge in [-0.2, -0.15) is 0 Å². The standard InChI is InChI=1S/C10H8O2S2/c1-12-9-6(5-11)4-8(13)10-7(9)2-3-14-10/h2-5,13H,1H3. The molecule has 0 unspecified atom stereocenters. The molecule has 2 aromatic rings. The lowest BCUT2D eigenvalue weighted by Crippen LogP contribution is -1.91. The Bertz CT molecular complexity index is 488. The Morgan fingerprint density at radius 3 is 3.00 bits per heavy atom. The molecule has 14 heavy (non-hydrogen) atoms. The molecule has 1 aromatic carbocycles. The fraction of sp³-hybridized carbons (Fsp3) is 0.100. The van der Waals surface area contributed by atoms with E-state index in [0.29, 0.717) is 11.3 Å². The van der Waals surface area contributed by atoms with Gasteiger partial charge in [-0.15, -0.1) is 24.0 Å². The van der Waals surface area contributed by atoms with Gasteiger partial charge in [-0.3, -0.25) is 4.79 Å². The number of aldehydes is 1. The summed E-state index contributed by atoms with van der Waals surface area (Å²) in [5, 5.41) is 2.91. The molecule has 2 nitrogen and oxygen atoms in total. The van der Waals surface area contributed by atoms with Crippen LogP contribution in [0.25, 0.3) is 10.1 Å². The fourth-order valence-corrected chi connectivity index (χ4v) is 2.66. The van der Waals surface area contributed by atoms with Gasteiger partial charge in [-0.25, -0.2) is 0 Å². The lowest BCUT2D eigenvalue weighted by Gasteiger charge is -2.06. The van der Waals surface area contributed by atoms with Crippen molar-refractivity contribution < 1.29 is 9.53 Å². The number of hydrogen-bond donors (Lipinski definition) is 1. The van der Waals surface area contributed by atoms with Gasteiger partial charge in [0.2, 0.25) is 0 Å². The Morgan fingerprint density at radius 2 is 2.36 bits per heavy atom. The highest BCUT2D eigenvalue weighted by atomic mass is 32.1. The number of thiophene rings is 1. The first-order valence-corrected chi connectivity index (χ1v) is 5.33. The Labute approximate surface area is 90.9 Å². The minimum absolute atomic E-state index is 0.545. The second-order valence-corrected chi connectivity index (χ2v) is 4.20. The van der Waals surface area contributed by atoms with Crippen molar-refractivity contribution in [3.05, 3.63) is 23.1 Å². The molecule has 0 saturated carbocycles. The third-order valence-electron chi connectivity index (χ3n) is 2.03. The maximum Gasteiger partial charge on any atom is 0.153 e. The van der Waals surface area contributed by atoms with E-state index < -0.39 is 0 Å². The number of thiol groups is 1. The molecular formula is C10H8O2S2. The van der Waals surface area contributed by atoms with Gasteiger partial charge in [0.15, 0.2) is 6.29 Å². The lowest BCUT2D eigenvalue weighted by molar-refractivity contribution is 0.112. The Morgan fingerprint density at radius 1 is 1.57 bits per heavy atom. The summed E-state index contributed by atoms with van der Waals surface area (Å²) < 4.78 is 6.26. The Kier molecular flexibility index (Phi) is 2.48. The van der Waals surface area contributed by atoms with Crippen molar-refractivity contribution in [1.82, 2.24) is 0 Å². The predicted molar refractivity (Wildman–Crippen MR) is 61.0 cm³/mol. The van der Waals surface area contributed by atoms with Crippen molar-refractivity contribution in [1.29, 1.82) is 0 Å². The van der Waals surface area contributed by atoms with Crippen LogP contribution in [0.3, 0.4) is 0 Å². The molecule has 0 bridgehead atoms. The van der Waals surface area contributed by atoms with Crippen molar-refractivity contribution >= 4 is 40.3 Å². The summed E-state index contributed by atoms with van der Waals surface area (Å²) in [7, 11) is 1.57. The molecule has 0 radical (unpaired) electrons. The number of rotatable bonds is 2. The molecule has 4 heteroatoms. The van der Waals surface area contributed by atoms with Crippen LogP contribution in [0.15, 0.2) is 22.4 Å². The van der Waals surface area contributed by atoms with Crippen LogP contribution >= 0.6 is 24.0 Å². The van der Waals surface area contributed by atoms with Gasteiger partial charge >= 0.3 is 0 Å². The van der Waals surface area contributed by atoms with Gasteiger partial charge in [0.05, 0.1) is 17.4 Å². The van der Waals surface area contributed by atoms with Crippen LogP contribution in [-0.2, 0) is 0 Å². The van der Waals surface area contributed by atoms with Crippen LogP contribution in [0.2, 0.25) is 0 Å². The van der Waals surface area contributed by atoms with E-state index >= 15 is 0 Å². The lowest BCUT2D eigenvalue weighted by atomic mass is 10.1. The van der Waals surface area contributed by atoms with Crippen LogP contribution in [0.1, 0.15) is 10.4 Å². The number of carbonyl (C=O) groups excluding carboxylic acids is 1. The van der Waals surface area contributed by atoms with E-state index in [2.05, 4.69) is 12.6 Å². The first kappa shape index (κ1) is 9.55. The van der Waals surface area contributed by atoms with Crippen molar-refractivity contribution in [2.75, 3.05) is 7.11 Å². The highest BCUT2D eigenvalue weighted by molar-refractivity contribution is 7.80. The number of fused-ring (bicyclic) bond motifs is 1. The maximum atomic E-state index is 10.8. The molecule has 2 rings (SSSR count). The monoisotopic (exact) mass is 224 g/mol. The predicted octanol–water partition coefficient (Wildman–Crippen LogP) is 3.01. The molecule has 0 N–H and O–H groups in total. The van der Waals surface area contributed by atoms with Gasteiger partial charge in [-0.1, -0.05) is 0 Å². The maximum absolute atomic E-state index is 10.8. The average molecular weight is 224 g/mol. The molecule has 72 valence electrons. The summed E-state index contributed by atoms with van der Waals surface area (Å²) in [6.45, 7) is 0. The molecular weight excluding hydrogens is 216 g/mol. The summed E-state index contributed by atoms with van der Waals surface area (Å²) in [4.78, 5) is 11.6. The summed E-state index contributed by atoms with van der Waals surface area (Å²) in [5.74, 6) is 0.633. The summed E-state index contributed by atoms with van der Waals surface area (Å²) in [6.07, 6.45) is 0.787. The highest BCUT2D eigenvalue weighted by Gasteiger charge is 2.11. The zero-order valence-electron chi connectivity index (χ0n) is 7.48. The van der Waals surface area contributed by atoms with Gasteiger partial charge in [0, 0.05) is 10.3 Å². The van der Waals surface area contributed by atoms with Crippen molar-refractivity contribution in [2.45, 2.75) is 4.90 Å². The van der Waals surface area contributed by atoms with Crippen LogP contribution in [0.4, 0.5) is 0 Å². The minimum Gasteiger partial charge on any atom is -0.495 e. The van der Waals surface area contributed by atoms with E-state index in [-0.39, 0.29) is 0 Å². The molecule has 0 spiro atoms. The quantitative estimate of drug-likeness (QED) is 0.627. The van der Waals surface area contributed by atoms with Gasteiger partial charge in [0.1, 0.15) is 5.75 Å². The topological polar surface area (TPSA) is 26.3 Å². The summed E-state index contributed by atoms with van der Waals surface area (Å²) in [6, 6.07) is 3.67. The number of benzene rings is 1. The number of ether oxygens (including phenoxy) is 1. The first-order chi connectivity index (χ1) is 6.77. The van der Waals surface area contributed by atoms with E-state index in [1.54, 1.807) is 24.5 Å². The normalized spacial score (nSPS) is 10.4. The number of carbonyl (C=O) groups is 1. The molecule has 0 fully saturated rings. The second kappa shape index (κ2) is 3.63. The molecule has 1 aromatic heterocycles. The van der Waals surface area contributed by atoms with Gasteiger partial charge < -0.3 is 4.74 Å². The average Bonchev–Trinajstić information content (AvgIpc) is 2.66. The molecule has 0 aliphatic heterocycles. The number of hydrogen-bond acceptors (Lipinski definition) is 4. The minimum atomic E-state index is 0.545. The van der Waals surface area contributed by atoms with Crippen LogP contribution < -0.4 is 4.74 Å². The summed E-state index contributed by atoms with van der Waals surface area (Å²) >= 11 is 5.91. The van der Waals surface area contributed by atoms with E-state index in [1.807, 2.05) is 11.4 Å². The van der Waals surface area contributed by atoms with Crippen molar-refractivity contribution in [2.24, 2.45) is 0 Å². The zero-order valence-corrected chi connectivity index (χ0v) is 9.19. The Balaban J connectivity index is 2.88. The molecule has 0 aliphatic rings. The molecule has 0 aliphatic carbocycles. The van der Waals surface area contributed by atoms with E-state index in [0.717, 1.165) is 21.3 Å². The number of methoxy groups -OCH3 is 1. The molecule has 1 heterocycles. The summed E-state index contributed by atoms with van der Waals surface area (Å²) in [5.41, 5.74) is 0.545. The second-order valence-electron chi connectivity index (χ2n) is 2.80. The van der Waals surface area contributed by atoms with Crippen LogP contribution in [0, 0.1) is 0 Å². The third kappa shape index (κ3) is 1.31. The third-order valence-corrected chi connectivity index (χ3v) is 3.48. The van der Waals surface area contributed by atoms with Crippen molar-refractivity contribution in [3.8, 4) is 5.75 Å². The fourth-order valence-electron chi connectivity index (χ4n) is 1.44. The van der Waals surface area contributed by atoms with Crippen LogP contribution in [0.5, 0.6) is 5.75 Å². The van der Waals surface area contributed by atoms with Crippen molar-refractivity contribution in [3.63, 3.8) is 0 Å². The van der Waals surface area contributed by atoms with Crippen LogP contribution in [-0.4, -0.2) is 13.4 Å². The van der Waals surface area contributed by atoms with E-state index in [1.165, 1.54) is 0 Å². The van der Waals surface area contributed by atoms with Gasteiger partial charge in [0.25, 0.3) is 0 Å². The highest BCUT2D eigenvalue weighted by Crippen LogP contribution is 2.36. The smallest absolute Gasteiger partial charge is 0.153 e. The molecule has 0 atom stereocenters. The molecule has 0 saturated heterocycles. The SMILES string of the molecule is COc1c(C=O)cc(S)c2sccc12. The first-order valence-electron chi connectivity index (χ1n) is 4.00. The Hall–Kier alpha value is -1.00.